The zero-order valence-electron chi connectivity index (χ0n) is 13.4. The molecule has 0 unspecified atom stereocenters. The van der Waals surface area contributed by atoms with Crippen molar-refractivity contribution in [1.29, 1.82) is 0 Å². The molecule has 6 heteroatoms. The molecule has 1 aromatic rings. The van der Waals surface area contributed by atoms with Crippen LogP contribution in [-0.2, 0) is 4.79 Å². The van der Waals surface area contributed by atoms with Crippen LogP contribution in [0.4, 0.5) is 0 Å². The first kappa shape index (κ1) is 16.1. The molecule has 0 atom stereocenters. The molecule has 2 aliphatic rings. The number of furan rings is 1. The van der Waals surface area contributed by atoms with E-state index in [9.17, 15) is 9.59 Å². The standard InChI is InChI=1S/C17H25N3O3/c21-16(4-1-9-18-17(22)15-3-2-12-23-15)19-13-7-10-20(11-8-13)14-5-6-14/h2-3,12-14H,1,4-11H2,(H,18,22)(H,19,21). The molecule has 0 aromatic carbocycles. The SMILES string of the molecule is O=C(CCCNC(=O)c1ccco1)NC1CCN(C2CC2)CC1. The minimum Gasteiger partial charge on any atom is -0.459 e. The van der Waals surface area contributed by atoms with Crippen molar-refractivity contribution in [3.63, 3.8) is 0 Å². The summed E-state index contributed by atoms with van der Waals surface area (Å²) in [4.78, 5) is 26.2. The van der Waals surface area contributed by atoms with Crippen LogP contribution in [0, 0.1) is 0 Å². The van der Waals surface area contributed by atoms with Crippen molar-refractivity contribution in [2.24, 2.45) is 0 Å². The lowest BCUT2D eigenvalue weighted by atomic mass is 10.0. The molecule has 1 saturated carbocycles. The second-order valence-electron chi connectivity index (χ2n) is 6.45. The van der Waals surface area contributed by atoms with Gasteiger partial charge in [-0.15, -0.1) is 0 Å². The molecule has 2 N–H and O–H groups in total. The fourth-order valence-corrected chi connectivity index (χ4v) is 3.09. The fraction of sp³-hybridized carbons (Fsp3) is 0.647. The van der Waals surface area contributed by atoms with E-state index in [2.05, 4.69) is 15.5 Å². The van der Waals surface area contributed by atoms with Crippen LogP contribution in [0.15, 0.2) is 22.8 Å². The number of nitrogens with zero attached hydrogens (tertiary/aromatic N) is 1. The zero-order chi connectivity index (χ0) is 16.1. The van der Waals surface area contributed by atoms with Crippen LogP contribution >= 0.6 is 0 Å². The Kier molecular flexibility index (Phi) is 5.33. The Bertz CT molecular complexity index is 517. The van der Waals surface area contributed by atoms with Crippen LogP contribution in [0.3, 0.4) is 0 Å². The normalized spacial score (nSPS) is 19.5. The molecule has 2 amide bonds. The largest absolute Gasteiger partial charge is 0.459 e. The van der Waals surface area contributed by atoms with Gasteiger partial charge in [-0.1, -0.05) is 0 Å². The van der Waals surface area contributed by atoms with E-state index >= 15 is 0 Å². The molecule has 6 nitrogen and oxygen atoms in total. The van der Waals surface area contributed by atoms with Crippen molar-refractivity contribution in [2.45, 2.75) is 50.6 Å². The van der Waals surface area contributed by atoms with Gasteiger partial charge in [0, 0.05) is 38.1 Å². The second kappa shape index (κ2) is 7.64. The van der Waals surface area contributed by atoms with Gasteiger partial charge in [0.05, 0.1) is 6.26 Å². The Morgan fingerprint density at radius 3 is 2.65 bits per heavy atom. The fourth-order valence-electron chi connectivity index (χ4n) is 3.09. The second-order valence-corrected chi connectivity index (χ2v) is 6.45. The van der Waals surface area contributed by atoms with Crippen molar-refractivity contribution in [3.8, 4) is 0 Å². The quantitative estimate of drug-likeness (QED) is 0.748. The highest BCUT2D eigenvalue weighted by atomic mass is 16.3. The molecule has 0 radical (unpaired) electrons. The van der Waals surface area contributed by atoms with Crippen molar-refractivity contribution in [1.82, 2.24) is 15.5 Å². The van der Waals surface area contributed by atoms with Crippen LogP contribution in [0.5, 0.6) is 0 Å². The van der Waals surface area contributed by atoms with Crippen LogP contribution in [-0.4, -0.2) is 48.4 Å². The van der Waals surface area contributed by atoms with E-state index in [1.54, 1.807) is 12.1 Å². The summed E-state index contributed by atoms with van der Waals surface area (Å²) in [6, 6.07) is 4.44. The third-order valence-corrected chi connectivity index (χ3v) is 4.57. The number of carbonyl (C=O) groups is 2. The topological polar surface area (TPSA) is 74.6 Å². The molecule has 2 fully saturated rings. The molecule has 1 aliphatic heterocycles. The maximum Gasteiger partial charge on any atom is 0.286 e. The van der Waals surface area contributed by atoms with Gasteiger partial charge in [-0.25, -0.2) is 0 Å². The highest BCUT2D eigenvalue weighted by Crippen LogP contribution is 2.29. The van der Waals surface area contributed by atoms with Gasteiger partial charge in [0.25, 0.3) is 5.91 Å². The summed E-state index contributed by atoms with van der Waals surface area (Å²) in [6.45, 7) is 2.69. The van der Waals surface area contributed by atoms with Gasteiger partial charge in [-0.3, -0.25) is 9.59 Å². The third-order valence-electron chi connectivity index (χ3n) is 4.57. The Morgan fingerprint density at radius 2 is 2.00 bits per heavy atom. The van der Waals surface area contributed by atoms with Crippen LogP contribution in [0.1, 0.15) is 49.1 Å². The molecular formula is C17H25N3O3. The Hall–Kier alpha value is -1.82. The number of hydrogen-bond donors (Lipinski definition) is 2. The molecule has 0 spiro atoms. The smallest absolute Gasteiger partial charge is 0.286 e. The van der Waals surface area contributed by atoms with E-state index in [-0.39, 0.29) is 11.8 Å². The first-order valence-electron chi connectivity index (χ1n) is 8.57. The van der Waals surface area contributed by atoms with Crippen molar-refractivity contribution >= 4 is 11.8 Å². The van der Waals surface area contributed by atoms with Gasteiger partial charge >= 0.3 is 0 Å². The summed E-state index contributed by atoms with van der Waals surface area (Å²) in [7, 11) is 0. The number of nitrogens with one attached hydrogen (secondary N) is 2. The molecule has 2 heterocycles. The number of carbonyl (C=O) groups excluding carboxylic acids is 2. The maximum atomic E-state index is 12.0. The molecular weight excluding hydrogens is 294 g/mol. The Labute approximate surface area is 136 Å². The summed E-state index contributed by atoms with van der Waals surface area (Å²) in [5, 5.41) is 5.87. The molecule has 126 valence electrons. The molecule has 1 aromatic heterocycles. The number of amides is 2. The monoisotopic (exact) mass is 319 g/mol. The van der Waals surface area contributed by atoms with Gasteiger partial charge in [0.15, 0.2) is 5.76 Å². The Balaban J connectivity index is 1.26. The van der Waals surface area contributed by atoms with E-state index in [0.29, 0.717) is 31.2 Å². The minimum atomic E-state index is -0.233. The Morgan fingerprint density at radius 1 is 1.22 bits per heavy atom. The summed E-state index contributed by atoms with van der Waals surface area (Å²) in [5.74, 6) is 0.154. The van der Waals surface area contributed by atoms with Gasteiger partial charge in [-0.05, 0) is 44.2 Å². The molecule has 1 aliphatic carbocycles. The van der Waals surface area contributed by atoms with E-state index in [1.165, 1.54) is 19.1 Å². The van der Waals surface area contributed by atoms with Crippen molar-refractivity contribution in [3.05, 3.63) is 24.2 Å². The zero-order valence-corrected chi connectivity index (χ0v) is 13.4. The number of rotatable bonds is 7. The predicted octanol–water partition coefficient (Wildman–Crippen LogP) is 1.53. The summed E-state index contributed by atoms with van der Waals surface area (Å²) in [6.07, 6.45) is 7.35. The highest BCUT2D eigenvalue weighted by Gasteiger charge is 2.31. The summed E-state index contributed by atoms with van der Waals surface area (Å²) >= 11 is 0. The van der Waals surface area contributed by atoms with Crippen LogP contribution < -0.4 is 10.6 Å². The van der Waals surface area contributed by atoms with Crippen LogP contribution in [0.2, 0.25) is 0 Å². The maximum absolute atomic E-state index is 12.0. The lowest BCUT2D eigenvalue weighted by molar-refractivity contribution is -0.122. The van der Waals surface area contributed by atoms with E-state index in [4.69, 9.17) is 4.42 Å². The highest BCUT2D eigenvalue weighted by molar-refractivity contribution is 5.91. The van der Waals surface area contributed by atoms with Gasteiger partial charge in [-0.2, -0.15) is 0 Å². The number of piperidine rings is 1. The summed E-state index contributed by atoms with van der Waals surface area (Å²) < 4.78 is 5.01. The minimum absolute atomic E-state index is 0.0853. The van der Waals surface area contributed by atoms with E-state index < -0.39 is 0 Å². The average Bonchev–Trinajstić information content (AvgIpc) is 3.26. The van der Waals surface area contributed by atoms with Crippen LogP contribution in [0.25, 0.3) is 0 Å². The number of likely N-dealkylation sites (tertiary alicyclic amines) is 1. The van der Waals surface area contributed by atoms with Crippen molar-refractivity contribution in [2.75, 3.05) is 19.6 Å². The predicted molar refractivity (Wildman–Crippen MR) is 86.0 cm³/mol. The molecule has 0 bridgehead atoms. The van der Waals surface area contributed by atoms with Gasteiger partial charge in [0.2, 0.25) is 5.91 Å². The average molecular weight is 319 g/mol. The first-order valence-corrected chi connectivity index (χ1v) is 8.57. The van der Waals surface area contributed by atoms with E-state index in [1.807, 2.05) is 0 Å². The first-order chi connectivity index (χ1) is 11.2. The molecule has 23 heavy (non-hydrogen) atoms. The van der Waals surface area contributed by atoms with E-state index in [0.717, 1.165) is 32.0 Å². The van der Waals surface area contributed by atoms with Crippen molar-refractivity contribution < 1.29 is 14.0 Å². The molecule has 1 saturated heterocycles. The van der Waals surface area contributed by atoms with Gasteiger partial charge < -0.3 is 20.0 Å². The van der Waals surface area contributed by atoms with Gasteiger partial charge in [0.1, 0.15) is 0 Å². The molecule has 3 rings (SSSR count). The summed E-state index contributed by atoms with van der Waals surface area (Å²) in [5.41, 5.74) is 0. The number of hydrogen-bond acceptors (Lipinski definition) is 4. The third kappa shape index (κ3) is 4.82. The lowest BCUT2D eigenvalue weighted by Gasteiger charge is -2.32. The lowest BCUT2D eigenvalue weighted by Crippen LogP contribution is -2.45.